The van der Waals surface area contributed by atoms with Crippen molar-refractivity contribution in [3.8, 4) is 50.4 Å². The first-order valence-corrected chi connectivity index (χ1v) is 18.6. The van der Waals surface area contributed by atoms with Gasteiger partial charge in [-0.05, 0) is 112 Å². The Morgan fingerprint density at radius 1 is 0.254 bits per heavy atom. The second kappa shape index (κ2) is 14.1. The molecule has 0 saturated carbocycles. The second-order valence-corrected chi connectivity index (χ2v) is 13.6. The molecule has 0 N–H and O–H groups in total. The molecule has 13 rings (SSSR count). The van der Waals surface area contributed by atoms with Gasteiger partial charge in [-0.3, -0.25) is 0 Å². The first-order chi connectivity index (χ1) is 47.1. The molecule has 0 aliphatic heterocycles. The van der Waals surface area contributed by atoms with Crippen molar-refractivity contribution in [2.45, 2.75) is 0 Å². The summed E-state index contributed by atoms with van der Waals surface area (Å²) in [4.78, 5) is 0. The molecule has 3 nitrogen and oxygen atoms in total. The molecule has 3 heterocycles. The Morgan fingerprint density at radius 2 is 0.667 bits per heavy atom. The fourth-order valence-electron chi connectivity index (χ4n) is 7.69. The average molecular weight is 840 g/mol. The third kappa shape index (κ3) is 5.53. The van der Waals surface area contributed by atoms with Crippen molar-refractivity contribution in [2.24, 2.45) is 0 Å². The summed E-state index contributed by atoms with van der Waals surface area (Å²) in [7, 11) is 0. The van der Waals surface area contributed by atoms with E-state index in [1.54, 1.807) is 0 Å². The Kier molecular flexibility index (Phi) is 3.21. The highest BCUT2D eigenvalue weighted by molar-refractivity contribution is 6.17. The SMILES string of the molecule is [2H]c1c([2H])c([2H])c(-c2c([2H])c([2H])c([2H])c(-c3c([2H])c(-c4c([2H])c([2H])c([2H])c([2H])c4[2H])c([2H])c(-n4c5c([2H])c([2H])c(-n6c7c([2H])c([2H])c([2H])c([2H])c7c7c(-n8c9c([2H])c([2H])c([2H])c([2H])c9c9c([2H])c([2H])c([2H])c([2H])c98)c([2H])c([2H])c([2H])c76)cc5c5c([2H])c([2H])c([2H])c([2H])c54)c3[2H])c2[2H])c([2H])c1[2H]. The van der Waals surface area contributed by atoms with Gasteiger partial charge in [0.2, 0.25) is 0 Å². The van der Waals surface area contributed by atoms with Crippen LogP contribution in [0, 0.1) is 0 Å². The molecule has 0 atom stereocenters. The lowest BCUT2D eigenvalue weighted by atomic mass is 9.95. The van der Waals surface area contributed by atoms with Gasteiger partial charge in [-0.2, -0.15) is 0 Å². The number of aromatic nitrogens is 3. The van der Waals surface area contributed by atoms with Gasteiger partial charge >= 0.3 is 0 Å². The molecule has 0 amide bonds. The maximum absolute atomic E-state index is 10.2. The van der Waals surface area contributed by atoms with Crippen LogP contribution in [0.3, 0.4) is 0 Å². The molecule has 13 aromatic rings. The van der Waals surface area contributed by atoms with E-state index >= 15 is 0 Å². The van der Waals surface area contributed by atoms with Crippen LogP contribution in [0.4, 0.5) is 0 Å². The van der Waals surface area contributed by atoms with Crippen LogP contribution in [-0.2, 0) is 0 Å². The second-order valence-electron chi connectivity index (χ2n) is 13.6. The van der Waals surface area contributed by atoms with Crippen LogP contribution in [0.5, 0.6) is 0 Å². The molecule has 63 heavy (non-hydrogen) atoms. The minimum Gasteiger partial charge on any atom is -0.309 e. The Hall–Kier alpha value is -8.40. The van der Waals surface area contributed by atoms with Gasteiger partial charge < -0.3 is 13.7 Å². The molecular weight excluding hydrogens is 763 g/mol. The lowest BCUT2D eigenvalue weighted by molar-refractivity contribution is 1.16. The third-order valence-corrected chi connectivity index (χ3v) is 10.3. The Bertz CT molecular complexity index is 6040. The van der Waals surface area contributed by atoms with Crippen molar-refractivity contribution < 1.29 is 52.1 Å². The van der Waals surface area contributed by atoms with Crippen LogP contribution in [0.2, 0.25) is 0 Å². The summed E-state index contributed by atoms with van der Waals surface area (Å²) in [6.07, 6.45) is 0. The maximum atomic E-state index is 10.2. The fraction of sp³-hybridized carbons (Fsp3) is 0. The van der Waals surface area contributed by atoms with Crippen molar-refractivity contribution in [1.82, 2.24) is 13.7 Å². The van der Waals surface area contributed by atoms with E-state index in [-0.39, 0.29) is 0 Å². The molecule has 0 saturated heterocycles. The minimum atomic E-state index is -1.28. The summed E-state index contributed by atoms with van der Waals surface area (Å²) in [5, 5.41) is -3.73. The number of fused-ring (bicyclic) bond motifs is 9. The van der Waals surface area contributed by atoms with E-state index in [1.807, 2.05) is 0 Å². The van der Waals surface area contributed by atoms with Gasteiger partial charge in [0.15, 0.2) is 0 Å². The van der Waals surface area contributed by atoms with Gasteiger partial charge in [-0.25, -0.2) is 0 Å². The monoisotopic (exact) mass is 840 g/mol. The van der Waals surface area contributed by atoms with Crippen LogP contribution in [-0.4, -0.2) is 13.7 Å². The highest BCUT2D eigenvalue weighted by Gasteiger charge is 2.21. The van der Waals surface area contributed by atoms with E-state index in [9.17, 15) is 21.9 Å². The zero-order valence-electron chi connectivity index (χ0n) is 69.4. The van der Waals surface area contributed by atoms with Crippen LogP contribution in [0.25, 0.3) is 116 Å². The van der Waals surface area contributed by atoms with Crippen LogP contribution in [0.1, 0.15) is 52.1 Å². The molecule has 0 spiro atoms. The van der Waals surface area contributed by atoms with Crippen LogP contribution >= 0.6 is 0 Å². The number of benzene rings is 10. The molecule has 0 aliphatic rings. The van der Waals surface area contributed by atoms with Crippen molar-refractivity contribution in [2.75, 3.05) is 0 Å². The number of hydrogen-bond donors (Lipinski definition) is 0. The molecule has 3 heteroatoms. The minimum absolute atomic E-state index is 0.543. The van der Waals surface area contributed by atoms with Gasteiger partial charge in [0.05, 0.1) is 90.9 Å². The molecule has 10 aromatic carbocycles. The molecule has 0 aliphatic carbocycles. The summed E-state index contributed by atoms with van der Waals surface area (Å²) < 4.78 is 352. The van der Waals surface area contributed by atoms with E-state index in [1.165, 1.54) is 0 Å². The Morgan fingerprint density at radius 3 is 1.32 bits per heavy atom. The van der Waals surface area contributed by atoms with E-state index in [4.69, 9.17) is 30.2 Å². The average Bonchev–Trinajstić information content (AvgIpc) is 1.55. The first-order valence-electron chi connectivity index (χ1n) is 37.6. The first kappa shape index (κ1) is 14.3. The predicted molar refractivity (Wildman–Crippen MR) is 266 cm³/mol. The van der Waals surface area contributed by atoms with Gasteiger partial charge in [-0.15, -0.1) is 0 Å². The number of rotatable bonds is 6. The normalized spacial score (nSPS) is 20.3. The summed E-state index contributed by atoms with van der Waals surface area (Å²) in [5.41, 5.74) is -13.1. The summed E-state index contributed by atoms with van der Waals surface area (Å²) in [6, 6.07) is -38.7. The van der Waals surface area contributed by atoms with E-state index < -0.39 is 345 Å². The molecule has 0 radical (unpaired) electrons. The number of nitrogens with zero attached hydrogens (tertiary/aromatic N) is 3. The lowest BCUT2D eigenvalue weighted by Crippen LogP contribution is -1.98. The van der Waals surface area contributed by atoms with Gasteiger partial charge in [0.25, 0.3) is 0 Å². The molecule has 0 unspecified atom stereocenters. The zero-order chi connectivity index (χ0) is 74.5. The topological polar surface area (TPSA) is 14.8 Å². The van der Waals surface area contributed by atoms with Crippen molar-refractivity contribution in [3.63, 3.8) is 0 Å². The number of hydrogen-bond acceptors (Lipinski definition) is 0. The van der Waals surface area contributed by atoms with Crippen molar-refractivity contribution in [3.05, 3.63) is 236 Å². The van der Waals surface area contributed by atoms with E-state index in [0.29, 0.717) is 4.57 Å². The van der Waals surface area contributed by atoms with Crippen molar-refractivity contribution in [1.29, 1.82) is 0 Å². The molecule has 3 aromatic heterocycles. The smallest absolute Gasteiger partial charge is 0.0651 e. The van der Waals surface area contributed by atoms with E-state index in [0.717, 1.165) is 15.2 Å². The summed E-state index contributed by atoms with van der Waals surface area (Å²) in [6.45, 7) is 0. The third-order valence-electron chi connectivity index (χ3n) is 10.3. The highest BCUT2D eigenvalue weighted by Crippen LogP contribution is 2.42. The van der Waals surface area contributed by atoms with Gasteiger partial charge in [0, 0.05) is 43.7 Å². The molecule has 294 valence electrons. The quantitative estimate of drug-likeness (QED) is 0.158. The predicted octanol–water partition coefficient (Wildman–Crippen LogP) is 16.0. The summed E-state index contributed by atoms with van der Waals surface area (Å²) in [5.74, 6) is 0. The molecular formula is C60H39N3. The van der Waals surface area contributed by atoms with Gasteiger partial charge in [-0.1, -0.05) is 157 Å². The molecule has 0 bridgehead atoms. The van der Waals surface area contributed by atoms with Crippen LogP contribution < -0.4 is 0 Å². The van der Waals surface area contributed by atoms with Gasteiger partial charge in [0.1, 0.15) is 0 Å². The lowest BCUT2D eigenvalue weighted by Gasteiger charge is -2.15. The summed E-state index contributed by atoms with van der Waals surface area (Å²) >= 11 is 0. The Balaban J connectivity index is 1.27. The largest absolute Gasteiger partial charge is 0.309 e. The highest BCUT2D eigenvalue weighted by atomic mass is 15.0. The number of para-hydroxylation sites is 4. The molecule has 0 fully saturated rings. The zero-order valence-corrected chi connectivity index (χ0v) is 31.4. The maximum Gasteiger partial charge on any atom is 0.0651 e. The van der Waals surface area contributed by atoms with E-state index in [2.05, 4.69) is 0 Å². The van der Waals surface area contributed by atoms with Crippen molar-refractivity contribution >= 4 is 65.4 Å². The van der Waals surface area contributed by atoms with Crippen LogP contribution in [0.15, 0.2) is 236 Å². The Labute approximate surface area is 418 Å². The fourth-order valence-corrected chi connectivity index (χ4v) is 7.69. The standard InChI is InChI=1S/C60H39N3/c1-3-17-40(18-4-1)42-21-15-22-43(35-42)45-36-44(41-19-5-2-6-20-41)37-47(38-45)62-53-27-11-9-25-50(53)52-39-46(33-34-57(52)62)61-56-30-14-10-26-51(56)60-58(61)31-16-32-59(60)63-54-28-12-7-23-48(54)49-24-8-13-29-55(49)63/h1-39H/i1D,2D,3D,4D,5D,6D,7D,8D,9D,10D,11D,12D,13D,14D,15D,16D,17D,18D,19D,20D,21D,22D,23D,24D,25D,26D,27D,28D,29D,30D,31D,32D,33D,34D,35D,36D,37D,38D.